The number of hydrogen-bond acceptors (Lipinski definition) is 5. The fraction of sp³-hybridized carbons (Fsp3) is 0.480. The summed E-state index contributed by atoms with van der Waals surface area (Å²) in [4.78, 5) is 8.79. The van der Waals surface area contributed by atoms with Crippen molar-refractivity contribution in [2.24, 2.45) is 13.0 Å². The first-order chi connectivity index (χ1) is 16.6. The standard InChI is InChI=1S/C23H26F3N5OS.C2H6/c1-14-4-6-17(7-5-14)33(32)18-8-9-20(15(2)10-18)29-22-27-12-19(23(24,25)26)21(30-22)16-11-28-31(3)13-16;1-2/h8-14,17H,4-7H2,1-3H3,(H,27,29,30);1-2H3. The van der Waals surface area contributed by atoms with Gasteiger partial charge in [-0.15, -0.1) is 0 Å². The molecule has 4 rings (SSSR count). The third-order valence-electron chi connectivity index (χ3n) is 6.01. The van der Waals surface area contributed by atoms with Gasteiger partial charge in [0.2, 0.25) is 5.95 Å². The van der Waals surface area contributed by atoms with Crippen LogP contribution >= 0.6 is 0 Å². The van der Waals surface area contributed by atoms with Crippen molar-refractivity contribution < 1.29 is 17.4 Å². The molecule has 0 spiro atoms. The van der Waals surface area contributed by atoms with Gasteiger partial charge in [0.25, 0.3) is 0 Å². The second-order valence-corrected chi connectivity index (χ2v) is 10.4. The van der Waals surface area contributed by atoms with Crippen LogP contribution in [-0.4, -0.2) is 29.2 Å². The van der Waals surface area contributed by atoms with Crippen LogP contribution in [0.25, 0.3) is 11.3 Å². The van der Waals surface area contributed by atoms with E-state index < -0.39 is 22.5 Å². The van der Waals surface area contributed by atoms with Crippen molar-refractivity contribution in [3.8, 4) is 11.3 Å². The summed E-state index contributed by atoms with van der Waals surface area (Å²) in [6, 6.07) is 5.44. The monoisotopic (exact) mass is 507 g/mol. The zero-order chi connectivity index (χ0) is 25.8. The lowest BCUT2D eigenvalue weighted by Gasteiger charge is -2.25. The molecule has 0 bridgehead atoms. The molecule has 3 aromatic rings. The van der Waals surface area contributed by atoms with Gasteiger partial charge in [-0.05, 0) is 62.3 Å². The Morgan fingerprint density at radius 3 is 2.37 bits per heavy atom. The predicted octanol–water partition coefficient (Wildman–Crippen LogP) is 6.66. The number of aromatic nitrogens is 4. The Morgan fingerprint density at radius 1 is 1.11 bits per heavy atom. The van der Waals surface area contributed by atoms with Gasteiger partial charge in [-0.25, -0.2) is 9.97 Å². The van der Waals surface area contributed by atoms with Crippen molar-refractivity contribution in [1.29, 1.82) is 0 Å². The van der Waals surface area contributed by atoms with Crippen molar-refractivity contribution in [3.05, 3.63) is 47.9 Å². The van der Waals surface area contributed by atoms with Gasteiger partial charge in [0.15, 0.2) is 0 Å². The molecule has 1 unspecified atom stereocenters. The van der Waals surface area contributed by atoms with Gasteiger partial charge in [-0.1, -0.05) is 20.8 Å². The van der Waals surface area contributed by atoms with Crippen LogP contribution in [0.4, 0.5) is 24.8 Å². The second-order valence-electron chi connectivity index (χ2n) is 8.64. The number of rotatable bonds is 5. The summed E-state index contributed by atoms with van der Waals surface area (Å²) in [5, 5.41) is 7.12. The van der Waals surface area contributed by atoms with Crippen molar-refractivity contribution in [2.45, 2.75) is 69.7 Å². The lowest BCUT2D eigenvalue weighted by atomic mass is 9.91. The SMILES string of the molecule is CC.Cc1cc(S(=O)C2CCC(C)CC2)ccc1Nc1ncc(C(F)(F)F)c(-c2cnn(C)c2)n1. The van der Waals surface area contributed by atoms with Gasteiger partial charge in [0, 0.05) is 40.8 Å². The van der Waals surface area contributed by atoms with Gasteiger partial charge in [0.05, 0.1) is 22.7 Å². The molecule has 190 valence electrons. The smallest absolute Gasteiger partial charge is 0.324 e. The molecule has 10 heteroatoms. The first kappa shape index (κ1) is 26.8. The first-order valence-electron chi connectivity index (χ1n) is 11.8. The average molecular weight is 508 g/mol. The Morgan fingerprint density at radius 2 is 1.80 bits per heavy atom. The first-order valence-corrected chi connectivity index (χ1v) is 13.0. The van der Waals surface area contributed by atoms with E-state index in [4.69, 9.17) is 0 Å². The van der Waals surface area contributed by atoms with Gasteiger partial charge in [-0.2, -0.15) is 18.3 Å². The molecular formula is C25H32F3N5OS. The van der Waals surface area contributed by atoms with Gasteiger partial charge in [0.1, 0.15) is 5.56 Å². The van der Waals surface area contributed by atoms with Crippen molar-refractivity contribution in [2.75, 3.05) is 5.32 Å². The lowest BCUT2D eigenvalue weighted by molar-refractivity contribution is -0.137. The zero-order valence-electron chi connectivity index (χ0n) is 20.7. The highest BCUT2D eigenvalue weighted by Gasteiger charge is 2.36. The average Bonchev–Trinajstić information content (AvgIpc) is 3.27. The Balaban J connectivity index is 0.00000167. The maximum absolute atomic E-state index is 13.5. The molecule has 1 aliphatic carbocycles. The summed E-state index contributed by atoms with van der Waals surface area (Å²) < 4.78 is 54.9. The highest BCUT2D eigenvalue weighted by molar-refractivity contribution is 7.85. The van der Waals surface area contributed by atoms with E-state index >= 15 is 0 Å². The fourth-order valence-corrected chi connectivity index (χ4v) is 5.65. The Kier molecular flexibility index (Phi) is 8.69. The molecule has 35 heavy (non-hydrogen) atoms. The molecule has 2 aromatic heterocycles. The summed E-state index contributed by atoms with van der Waals surface area (Å²) in [7, 11) is 0.542. The van der Waals surface area contributed by atoms with E-state index in [1.807, 2.05) is 26.8 Å². The van der Waals surface area contributed by atoms with E-state index in [2.05, 4.69) is 27.3 Å². The van der Waals surface area contributed by atoms with Crippen LogP contribution in [0.3, 0.4) is 0 Å². The van der Waals surface area contributed by atoms with Crippen molar-refractivity contribution in [3.63, 3.8) is 0 Å². The summed E-state index contributed by atoms with van der Waals surface area (Å²) in [6.45, 7) is 8.09. The Labute approximate surface area is 206 Å². The molecule has 1 aromatic carbocycles. The molecular weight excluding hydrogens is 475 g/mol. The minimum absolute atomic E-state index is 0.0418. The molecule has 1 atom stereocenters. The van der Waals surface area contributed by atoms with Crippen molar-refractivity contribution >= 4 is 22.4 Å². The van der Waals surface area contributed by atoms with Crippen LogP contribution in [0.1, 0.15) is 57.6 Å². The molecule has 0 radical (unpaired) electrons. The van der Waals surface area contributed by atoms with E-state index in [1.54, 1.807) is 19.2 Å². The van der Waals surface area contributed by atoms with Crippen LogP contribution in [0.5, 0.6) is 0 Å². The van der Waals surface area contributed by atoms with Crippen LogP contribution in [0.2, 0.25) is 0 Å². The number of alkyl halides is 3. The van der Waals surface area contributed by atoms with E-state index in [0.29, 0.717) is 11.6 Å². The molecule has 1 N–H and O–H groups in total. The predicted molar refractivity (Wildman–Crippen MR) is 133 cm³/mol. The highest BCUT2D eigenvalue weighted by atomic mass is 32.2. The second kappa shape index (κ2) is 11.3. The van der Waals surface area contributed by atoms with Gasteiger partial charge < -0.3 is 5.32 Å². The number of hydrogen-bond donors (Lipinski definition) is 1. The quantitative estimate of drug-likeness (QED) is 0.418. The minimum Gasteiger partial charge on any atom is -0.324 e. The van der Waals surface area contributed by atoms with Gasteiger partial charge >= 0.3 is 6.18 Å². The van der Waals surface area contributed by atoms with Crippen LogP contribution in [0, 0.1) is 12.8 Å². The summed E-state index contributed by atoms with van der Waals surface area (Å²) in [5.74, 6) is 0.729. The Hall–Kier alpha value is -2.75. The third-order valence-corrected chi connectivity index (χ3v) is 7.81. The number of anilines is 2. The topological polar surface area (TPSA) is 72.7 Å². The van der Waals surface area contributed by atoms with Crippen LogP contribution < -0.4 is 5.32 Å². The molecule has 1 fully saturated rings. The number of nitrogens with zero attached hydrogens (tertiary/aromatic N) is 4. The third kappa shape index (κ3) is 6.48. The molecule has 0 aliphatic heterocycles. The van der Waals surface area contributed by atoms with E-state index in [-0.39, 0.29) is 22.5 Å². The zero-order valence-corrected chi connectivity index (χ0v) is 21.5. The van der Waals surface area contributed by atoms with Crippen LogP contribution in [-0.2, 0) is 24.0 Å². The number of halogens is 3. The fourth-order valence-electron chi connectivity index (χ4n) is 4.07. The molecule has 6 nitrogen and oxygen atoms in total. The normalized spacial score (nSPS) is 19.0. The molecule has 0 saturated heterocycles. The summed E-state index contributed by atoms with van der Waals surface area (Å²) in [6.07, 6.45) is 3.11. The molecule has 0 amide bonds. The largest absolute Gasteiger partial charge is 0.419 e. The van der Waals surface area contributed by atoms with E-state index in [9.17, 15) is 17.4 Å². The van der Waals surface area contributed by atoms with E-state index in [1.165, 1.54) is 17.1 Å². The minimum atomic E-state index is -4.59. The molecule has 1 saturated carbocycles. The van der Waals surface area contributed by atoms with E-state index in [0.717, 1.165) is 42.3 Å². The van der Waals surface area contributed by atoms with Crippen LogP contribution in [0.15, 0.2) is 41.7 Å². The number of benzene rings is 1. The molecule has 2 heterocycles. The summed E-state index contributed by atoms with van der Waals surface area (Å²) in [5.41, 5.74) is 0.543. The lowest BCUT2D eigenvalue weighted by Crippen LogP contribution is -2.22. The Bertz CT molecular complexity index is 1170. The van der Waals surface area contributed by atoms with Crippen molar-refractivity contribution in [1.82, 2.24) is 19.7 Å². The summed E-state index contributed by atoms with van der Waals surface area (Å²) >= 11 is 0. The molecule has 1 aliphatic rings. The van der Waals surface area contributed by atoms with Gasteiger partial charge in [-0.3, -0.25) is 8.89 Å². The number of nitrogens with one attached hydrogen (secondary N) is 1. The highest BCUT2D eigenvalue weighted by Crippen LogP contribution is 2.36. The maximum atomic E-state index is 13.5. The maximum Gasteiger partial charge on any atom is 0.419 e. The number of aryl methyl sites for hydroxylation is 2.